The molecule has 0 spiro atoms. The van der Waals surface area contributed by atoms with Crippen molar-refractivity contribution >= 4 is 29.1 Å². The molecule has 1 amide bonds. The summed E-state index contributed by atoms with van der Waals surface area (Å²) in [5.74, 6) is 0.364. The van der Waals surface area contributed by atoms with Crippen molar-refractivity contribution in [3.8, 4) is 5.75 Å². The van der Waals surface area contributed by atoms with E-state index >= 15 is 0 Å². The molecule has 10 heteroatoms. The van der Waals surface area contributed by atoms with E-state index < -0.39 is 10.8 Å². The molecule has 1 fully saturated rings. The zero-order valence-electron chi connectivity index (χ0n) is 20.9. The number of non-ortho nitro benzene ring substituents is 1. The number of allylic oxidation sites excluding steroid dienone is 2. The molecular weight excluding hydrogens is 492 g/mol. The molecule has 4 unspecified atom stereocenters. The van der Waals surface area contributed by atoms with Gasteiger partial charge in [0.05, 0.1) is 24.1 Å². The average molecular weight is 523 g/mol. The molecule has 0 saturated carbocycles. The molecule has 3 aliphatic rings. The van der Waals surface area contributed by atoms with E-state index in [9.17, 15) is 19.7 Å². The maximum atomic E-state index is 13.5. The van der Waals surface area contributed by atoms with E-state index in [4.69, 9.17) is 4.74 Å². The highest BCUT2D eigenvalue weighted by Crippen LogP contribution is 2.47. The highest BCUT2D eigenvalue weighted by atomic mass is 32.2. The van der Waals surface area contributed by atoms with E-state index in [0.717, 1.165) is 23.2 Å². The average Bonchev–Trinajstić information content (AvgIpc) is 2.85. The largest absolute Gasteiger partial charge is 0.497 e. The minimum absolute atomic E-state index is 0.0469. The molecule has 2 aromatic rings. The van der Waals surface area contributed by atoms with Crippen LogP contribution in [0.1, 0.15) is 43.7 Å². The summed E-state index contributed by atoms with van der Waals surface area (Å²) < 4.78 is 5.32. The number of nitro groups is 1. The van der Waals surface area contributed by atoms with E-state index in [2.05, 4.69) is 29.8 Å². The molecule has 9 nitrogen and oxygen atoms in total. The van der Waals surface area contributed by atoms with Crippen LogP contribution < -0.4 is 20.7 Å². The van der Waals surface area contributed by atoms with Gasteiger partial charge in [0, 0.05) is 41.5 Å². The second-order valence-electron chi connectivity index (χ2n) is 10.5. The van der Waals surface area contributed by atoms with Crippen LogP contribution in [0.2, 0.25) is 0 Å². The van der Waals surface area contributed by atoms with Gasteiger partial charge in [0.1, 0.15) is 11.2 Å². The molecule has 194 valence electrons. The smallest absolute Gasteiger partial charge is 0.269 e. The number of rotatable bonds is 6. The first kappa shape index (κ1) is 25.3. The third kappa shape index (κ3) is 5.08. The van der Waals surface area contributed by atoms with Crippen molar-refractivity contribution < 1.29 is 19.2 Å². The van der Waals surface area contributed by atoms with Crippen molar-refractivity contribution in [1.29, 1.82) is 0 Å². The van der Waals surface area contributed by atoms with Gasteiger partial charge in [-0.3, -0.25) is 25.0 Å². The number of carbonyl (C=O) groups is 2. The predicted molar refractivity (Wildman–Crippen MR) is 141 cm³/mol. The predicted octanol–water partition coefficient (Wildman–Crippen LogP) is 3.81. The quantitative estimate of drug-likeness (QED) is 0.387. The van der Waals surface area contributed by atoms with Crippen molar-refractivity contribution in [1.82, 2.24) is 16.0 Å². The van der Waals surface area contributed by atoms with Gasteiger partial charge in [-0.05, 0) is 35.1 Å². The Morgan fingerprint density at radius 1 is 1.05 bits per heavy atom. The number of nitrogens with one attached hydrogen (secondary N) is 3. The number of hydrogen-bond donors (Lipinski definition) is 3. The van der Waals surface area contributed by atoms with E-state index in [-0.39, 0.29) is 40.4 Å². The van der Waals surface area contributed by atoms with Crippen molar-refractivity contribution in [3.63, 3.8) is 0 Å². The third-order valence-corrected chi connectivity index (χ3v) is 8.31. The van der Waals surface area contributed by atoms with Gasteiger partial charge in [-0.25, -0.2) is 0 Å². The maximum Gasteiger partial charge on any atom is 0.269 e. The second kappa shape index (κ2) is 9.83. The fourth-order valence-corrected chi connectivity index (χ4v) is 6.51. The number of thioether (sulfide) groups is 1. The monoisotopic (exact) mass is 522 g/mol. The first-order chi connectivity index (χ1) is 17.6. The number of ketones is 1. The fourth-order valence-electron chi connectivity index (χ4n) is 5.52. The van der Waals surface area contributed by atoms with Gasteiger partial charge in [0.15, 0.2) is 5.78 Å². The Morgan fingerprint density at radius 3 is 2.41 bits per heavy atom. The van der Waals surface area contributed by atoms with Crippen molar-refractivity contribution in [2.24, 2.45) is 11.3 Å². The molecule has 5 rings (SSSR count). The highest BCUT2D eigenvalue weighted by Gasteiger charge is 2.50. The summed E-state index contributed by atoms with van der Waals surface area (Å²) in [6.45, 7) is 4.18. The summed E-state index contributed by atoms with van der Waals surface area (Å²) in [6.07, 6.45) is 0.824. The molecule has 3 N–H and O–H groups in total. The maximum absolute atomic E-state index is 13.5. The summed E-state index contributed by atoms with van der Waals surface area (Å²) in [5.41, 5.74) is 2.97. The molecule has 4 atom stereocenters. The number of nitrogens with zero attached hydrogens (tertiary/aromatic N) is 1. The Balaban J connectivity index is 1.41. The molecule has 2 aromatic carbocycles. The fraction of sp³-hybridized carbons (Fsp3) is 0.407. The number of benzene rings is 2. The van der Waals surface area contributed by atoms with Crippen LogP contribution in [0, 0.1) is 21.4 Å². The van der Waals surface area contributed by atoms with Gasteiger partial charge in [-0.2, -0.15) is 0 Å². The SMILES string of the molecule is COc1ccc(C2C3=C(CC(C)(C)CC3=O)NC3NC(SCc4ccc([N+](=O)[O-])cc4)NC(=O)C32)cc1. The molecule has 0 radical (unpaired) electrons. The first-order valence-electron chi connectivity index (χ1n) is 12.2. The van der Waals surface area contributed by atoms with Crippen LogP contribution in [-0.4, -0.2) is 35.4 Å². The number of carbonyl (C=O) groups excluding carboxylic acids is 2. The zero-order valence-corrected chi connectivity index (χ0v) is 21.8. The molecular formula is C27H30N4O5S. The van der Waals surface area contributed by atoms with E-state index in [1.165, 1.54) is 23.9 Å². The standard InChI is InChI=1S/C27H30N4O5S/c1-27(2)12-19-22(20(32)13-27)21(16-6-10-18(36-3)11-7-16)23-24(28-19)29-26(30-25(23)33)37-14-15-4-8-17(9-5-15)31(34)35/h4-11,21,23-24,26,28-29H,12-14H2,1-3H3,(H,30,33). The van der Waals surface area contributed by atoms with Crippen molar-refractivity contribution in [2.75, 3.05) is 7.11 Å². The first-order valence-corrected chi connectivity index (χ1v) is 13.3. The summed E-state index contributed by atoms with van der Waals surface area (Å²) in [6, 6.07) is 14.0. The Bertz CT molecular complexity index is 1260. The second-order valence-corrected chi connectivity index (χ2v) is 11.6. The van der Waals surface area contributed by atoms with Gasteiger partial charge < -0.3 is 15.4 Å². The van der Waals surface area contributed by atoms with Crippen LogP contribution in [-0.2, 0) is 15.3 Å². The summed E-state index contributed by atoms with van der Waals surface area (Å²) in [4.78, 5) is 37.4. The van der Waals surface area contributed by atoms with E-state index in [1.807, 2.05) is 24.3 Å². The molecule has 0 aromatic heterocycles. The van der Waals surface area contributed by atoms with E-state index in [1.54, 1.807) is 19.2 Å². The number of amides is 1. The van der Waals surface area contributed by atoms with Crippen LogP contribution >= 0.6 is 11.8 Å². The molecule has 0 bridgehead atoms. The molecule has 2 heterocycles. The minimum Gasteiger partial charge on any atom is -0.497 e. The van der Waals surface area contributed by atoms with E-state index in [0.29, 0.717) is 23.5 Å². The molecule has 37 heavy (non-hydrogen) atoms. The minimum atomic E-state index is -0.506. The lowest BCUT2D eigenvalue weighted by Gasteiger charge is -2.48. The summed E-state index contributed by atoms with van der Waals surface area (Å²) in [7, 11) is 1.61. The van der Waals surface area contributed by atoms with Crippen LogP contribution in [0.3, 0.4) is 0 Å². The molecule has 1 aliphatic carbocycles. The Hall–Kier alpha value is -3.37. The number of nitro benzene ring substituents is 1. The van der Waals surface area contributed by atoms with Crippen LogP contribution in [0.5, 0.6) is 5.75 Å². The third-order valence-electron chi connectivity index (χ3n) is 7.22. The van der Waals surface area contributed by atoms with Crippen LogP contribution in [0.25, 0.3) is 0 Å². The van der Waals surface area contributed by atoms with Gasteiger partial charge in [-0.1, -0.05) is 38.1 Å². The molecule has 2 aliphatic heterocycles. The lowest BCUT2D eigenvalue weighted by atomic mass is 9.66. The molecule has 1 saturated heterocycles. The van der Waals surface area contributed by atoms with Crippen molar-refractivity contribution in [2.45, 2.75) is 50.0 Å². The number of hydrogen-bond acceptors (Lipinski definition) is 8. The van der Waals surface area contributed by atoms with Crippen LogP contribution in [0.4, 0.5) is 5.69 Å². The van der Waals surface area contributed by atoms with Crippen molar-refractivity contribution in [3.05, 3.63) is 81.0 Å². The topological polar surface area (TPSA) is 123 Å². The lowest BCUT2D eigenvalue weighted by molar-refractivity contribution is -0.384. The van der Waals surface area contributed by atoms with Gasteiger partial charge in [0.2, 0.25) is 5.91 Å². The normalized spacial score (nSPS) is 26.5. The lowest BCUT2D eigenvalue weighted by Crippen LogP contribution is -2.68. The summed E-state index contributed by atoms with van der Waals surface area (Å²) in [5, 5.41) is 21.0. The summed E-state index contributed by atoms with van der Waals surface area (Å²) >= 11 is 1.50. The Kier molecular flexibility index (Phi) is 6.72. The van der Waals surface area contributed by atoms with Gasteiger partial charge in [-0.15, -0.1) is 11.8 Å². The number of methoxy groups -OCH3 is 1. The van der Waals surface area contributed by atoms with Crippen LogP contribution in [0.15, 0.2) is 59.8 Å². The van der Waals surface area contributed by atoms with Gasteiger partial charge >= 0.3 is 0 Å². The highest BCUT2D eigenvalue weighted by molar-refractivity contribution is 7.99. The van der Waals surface area contributed by atoms with Gasteiger partial charge in [0.25, 0.3) is 5.69 Å². The Morgan fingerprint density at radius 2 is 1.76 bits per heavy atom. The Labute approximate surface area is 219 Å². The number of Topliss-reactive ketones (excluding diaryl/α,β-unsaturated/α-hetero) is 1. The number of ether oxygens (including phenoxy) is 1. The zero-order chi connectivity index (χ0) is 26.3. The number of fused-ring (bicyclic) bond motifs is 1.